The molecule has 0 spiro atoms. The summed E-state index contributed by atoms with van der Waals surface area (Å²) in [7, 11) is 0. The molecule has 18 heavy (non-hydrogen) atoms. The van der Waals surface area contributed by atoms with E-state index in [1.54, 1.807) is 0 Å². The van der Waals surface area contributed by atoms with Crippen LogP contribution >= 0.6 is 0 Å². The summed E-state index contributed by atoms with van der Waals surface area (Å²) in [5.74, 6) is -2.72. The van der Waals surface area contributed by atoms with Crippen molar-refractivity contribution >= 4 is 17.8 Å². The van der Waals surface area contributed by atoms with Gasteiger partial charge in [-0.15, -0.1) is 0 Å². The van der Waals surface area contributed by atoms with Gasteiger partial charge in [-0.3, -0.25) is 9.59 Å². The Morgan fingerprint density at radius 3 is 2.17 bits per heavy atom. The van der Waals surface area contributed by atoms with Crippen LogP contribution in [0.2, 0.25) is 0 Å². The number of hydrogen-bond acceptors (Lipinski definition) is 4. The average molecular weight is 260 g/mol. The van der Waals surface area contributed by atoms with Crippen LogP contribution in [0.25, 0.3) is 0 Å². The molecule has 0 aromatic rings. The van der Waals surface area contributed by atoms with E-state index >= 15 is 0 Å². The number of carbonyl (C=O) groups is 3. The van der Waals surface area contributed by atoms with Crippen LogP contribution in [0.3, 0.4) is 0 Å². The Hall–Kier alpha value is -1.63. The van der Waals surface area contributed by atoms with E-state index in [1.807, 2.05) is 13.8 Å². The van der Waals surface area contributed by atoms with E-state index in [-0.39, 0.29) is 18.8 Å². The molecule has 0 aliphatic carbocycles. The fourth-order valence-electron chi connectivity index (χ4n) is 1.42. The van der Waals surface area contributed by atoms with E-state index in [0.29, 0.717) is 6.42 Å². The first kappa shape index (κ1) is 16.4. The molecule has 0 bridgehead atoms. The van der Waals surface area contributed by atoms with E-state index in [9.17, 15) is 14.4 Å². The summed E-state index contributed by atoms with van der Waals surface area (Å²) in [6.07, 6.45) is -0.0431. The third-order valence-corrected chi connectivity index (χ3v) is 2.32. The van der Waals surface area contributed by atoms with Gasteiger partial charge in [-0.25, -0.2) is 4.79 Å². The standard InChI is InChI=1S/C11H20N2O5/c1-6(2)5-7(12)10(16)13-8(11(17)18)3-4-9(14)15/h6-8H,3-5,12H2,1-2H3,(H,13,16)(H,14,15)(H,17,18)/t7?,8-/m0/s1. The molecule has 0 saturated carbocycles. The lowest BCUT2D eigenvalue weighted by atomic mass is 10.0. The highest BCUT2D eigenvalue weighted by molar-refractivity contribution is 5.87. The van der Waals surface area contributed by atoms with Crippen molar-refractivity contribution < 1.29 is 24.6 Å². The summed E-state index contributed by atoms with van der Waals surface area (Å²) < 4.78 is 0. The van der Waals surface area contributed by atoms with Crippen molar-refractivity contribution in [1.82, 2.24) is 5.32 Å². The second-order valence-corrected chi connectivity index (χ2v) is 4.57. The van der Waals surface area contributed by atoms with Gasteiger partial charge in [0.05, 0.1) is 6.04 Å². The summed E-state index contributed by atoms with van der Waals surface area (Å²) in [6, 6.07) is -2.00. The van der Waals surface area contributed by atoms with E-state index in [0.717, 1.165) is 0 Å². The first-order valence-electron chi connectivity index (χ1n) is 5.74. The Bertz CT molecular complexity index is 317. The molecule has 0 aromatic heterocycles. The van der Waals surface area contributed by atoms with Gasteiger partial charge in [0.25, 0.3) is 0 Å². The quantitative estimate of drug-likeness (QED) is 0.478. The predicted molar refractivity (Wildman–Crippen MR) is 63.9 cm³/mol. The number of nitrogens with two attached hydrogens (primary N) is 1. The summed E-state index contributed by atoms with van der Waals surface area (Å²) in [6.45, 7) is 3.79. The summed E-state index contributed by atoms with van der Waals surface area (Å²) in [5, 5.41) is 19.6. The second-order valence-electron chi connectivity index (χ2n) is 4.57. The van der Waals surface area contributed by atoms with E-state index in [1.165, 1.54) is 0 Å². The molecule has 0 rings (SSSR count). The van der Waals surface area contributed by atoms with Gasteiger partial charge in [-0.05, 0) is 18.8 Å². The minimum absolute atomic E-state index is 0.162. The highest BCUT2D eigenvalue weighted by Gasteiger charge is 2.24. The molecule has 1 unspecified atom stereocenters. The summed E-state index contributed by atoms with van der Waals surface area (Å²) in [5.41, 5.74) is 5.60. The number of carbonyl (C=O) groups excluding carboxylic acids is 1. The maximum absolute atomic E-state index is 11.6. The molecule has 7 nitrogen and oxygen atoms in total. The van der Waals surface area contributed by atoms with E-state index in [2.05, 4.69) is 5.32 Å². The topological polar surface area (TPSA) is 130 Å². The first-order chi connectivity index (χ1) is 8.23. The zero-order chi connectivity index (χ0) is 14.3. The first-order valence-corrected chi connectivity index (χ1v) is 5.74. The van der Waals surface area contributed by atoms with E-state index < -0.39 is 29.9 Å². The fraction of sp³-hybridized carbons (Fsp3) is 0.727. The molecule has 0 aliphatic rings. The number of carboxylic acid groups (broad SMARTS) is 2. The summed E-state index contributed by atoms with van der Waals surface area (Å²) >= 11 is 0. The van der Waals surface area contributed by atoms with Crippen molar-refractivity contribution in [2.75, 3.05) is 0 Å². The number of carboxylic acids is 2. The second kappa shape index (κ2) is 7.65. The molecular formula is C11H20N2O5. The highest BCUT2D eigenvalue weighted by Crippen LogP contribution is 2.04. The van der Waals surface area contributed by atoms with Crippen LogP contribution in [-0.2, 0) is 14.4 Å². The Balaban J connectivity index is 4.35. The number of aliphatic carboxylic acids is 2. The number of amides is 1. The lowest BCUT2D eigenvalue weighted by Crippen LogP contribution is -2.48. The molecule has 0 aromatic carbocycles. The number of nitrogens with one attached hydrogen (secondary N) is 1. The molecule has 0 fully saturated rings. The number of hydrogen-bond donors (Lipinski definition) is 4. The van der Waals surface area contributed by atoms with Crippen molar-refractivity contribution in [1.29, 1.82) is 0 Å². The normalized spacial score (nSPS) is 14.0. The smallest absolute Gasteiger partial charge is 0.326 e. The largest absolute Gasteiger partial charge is 0.481 e. The zero-order valence-corrected chi connectivity index (χ0v) is 10.5. The lowest BCUT2D eigenvalue weighted by Gasteiger charge is -2.18. The zero-order valence-electron chi connectivity index (χ0n) is 10.5. The number of rotatable bonds is 8. The molecule has 104 valence electrons. The van der Waals surface area contributed by atoms with Crippen LogP contribution in [0.4, 0.5) is 0 Å². The van der Waals surface area contributed by atoms with Gasteiger partial charge in [0, 0.05) is 6.42 Å². The van der Waals surface area contributed by atoms with E-state index in [4.69, 9.17) is 15.9 Å². The van der Waals surface area contributed by atoms with Gasteiger partial charge in [-0.1, -0.05) is 13.8 Å². The maximum atomic E-state index is 11.6. The van der Waals surface area contributed by atoms with Gasteiger partial charge in [-0.2, -0.15) is 0 Å². The Morgan fingerprint density at radius 1 is 1.22 bits per heavy atom. The van der Waals surface area contributed by atoms with Crippen LogP contribution in [0.1, 0.15) is 33.1 Å². The van der Waals surface area contributed by atoms with Gasteiger partial charge < -0.3 is 21.3 Å². The van der Waals surface area contributed by atoms with Crippen molar-refractivity contribution in [3.8, 4) is 0 Å². The Morgan fingerprint density at radius 2 is 1.78 bits per heavy atom. The Labute approximate surface area is 105 Å². The molecule has 0 saturated heterocycles. The van der Waals surface area contributed by atoms with Gasteiger partial charge in [0.1, 0.15) is 6.04 Å². The van der Waals surface area contributed by atoms with Crippen molar-refractivity contribution in [2.45, 2.75) is 45.2 Å². The van der Waals surface area contributed by atoms with Crippen LogP contribution in [-0.4, -0.2) is 40.1 Å². The SMILES string of the molecule is CC(C)CC(N)C(=O)N[C@@H](CCC(=O)O)C(=O)O. The Kier molecular flexibility index (Phi) is 6.96. The van der Waals surface area contributed by atoms with Crippen molar-refractivity contribution in [3.05, 3.63) is 0 Å². The molecule has 0 radical (unpaired) electrons. The minimum Gasteiger partial charge on any atom is -0.481 e. The minimum atomic E-state index is -1.26. The maximum Gasteiger partial charge on any atom is 0.326 e. The molecule has 5 N–H and O–H groups in total. The van der Waals surface area contributed by atoms with Gasteiger partial charge in [0.2, 0.25) is 5.91 Å². The predicted octanol–water partition coefficient (Wildman–Crippen LogP) is -0.206. The molecule has 0 aliphatic heterocycles. The van der Waals surface area contributed by atoms with Crippen LogP contribution in [0.15, 0.2) is 0 Å². The summed E-state index contributed by atoms with van der Waals surface area (Å²) in [4.78, 5) is 32.8. The lowest BCUT2D eigenvalue weighted by molar-refractivity contribution is -0.143. The third kappa shape index (κ3) is 6.85. The molecular weight excluding hydrogens is 240 g/mol. The average Bonchev–Trinajstić information content (AvgIpc) is 2.21. The van der Waals surface area contributed by atoms with Crippen LogP contribution < -0.4 is 11.1 Å². The van der Waals surface area contributed by atoms with Gasteiger partial charge >= 0.3 is 11.9 Å². The van der Waals surface area contributed by atoms with Crippen molar-refractivity contribution in [2.24, 2.45) is 11.7 Å². The molecule has 2 atom stereocenters. The van der Waals surface area contributed by atoms with Crippen molar-refractivity contribution in [3.63, 3.8) is 0 Å². The third-order valence-electron chi connectivity index (χ3n) is 2.32. The fourth-order valence-corrected chi connectivity index (χ4v) is 1.42. The molecule has 7 heteroatoms. The molecule has 0 heterocycles. The monoisotopic (exact) mass is 260 g/mol. The van der Waals surface area contributed by atoms with Crippen LogP contribution in [0.5, 0.6) is 0 Å². The van der Waals surface area contributed by atoms with Gasteiger partial charge in [0.15, 0.2) is 0 Å². The van der Waals surface area contributed by atoms with Crippen LogP contribution in [0, 0.1) is 5.92 Å². The molecule has 1 amide bonds. The highest BCUT2D eigenvalue weighted by atomic mass is 16.4.